The molecule has 0 atom stereocenters. The van der Waals surface area contributed by atoms with Crippen LogP contribution in [0.15, 0.2) is 74.1 Å². The van der Waals surface area contributed by atoms with E-state index in [4.69, 9.17) is 0 Å². The summed E-state index contributed by atoms with van der Waals surface area (Å²) in [5.74, 6) is -0.512. The fourth-order valence-electron chi connectivity index (χ4n) is 4.04. The lowest BCUT2D eigenvalue weighted by Crippen LogP contribution is -2.32. The van der Waals surface area contributed by atoms with Crippen molar-refractivity contribution >= 4 is 53.9 Å². The molecule has 2 aromatic heterocycles. The van der Waals surface area contributed by atoms with Gasteiger partial charge in [-0.2, -0.15) is 0 Å². The number of benzene rings is 2. The number of hydrogen-bond acceptors (Lipinski definition) is 9. The number of aromatic nitrogens is 1. The Hall–Kier alpha value is -3.20. The third kappa shape index (κ3) is 4.52. The highest BCUT2D eigenvalue weighted by Gasteiger charge is 2.34. The third-order valence-corrected chi connectivity index (χ3v) is 8.83. The van der Waals surface area contributed by atoms with E-state index in [-0.39, 0.29) is 35.1 Å². The second kappa shape index (κ2) is 9.03. The summed E-state index contributed by atoms with van der Waals surface area (Å²) in [7, 11) is -7.32. The molecule has 0 bridgehead atoms. The van der Waals surface area contributed by atoms with Gasteiger partial charge in [0.2, 0.25) is 10.0 Å². The second-order valence-electron chi connectivity index (χ2n) is 8.21. The van der Waals surface area contributed by atoms with Crippen molar-refractivity contribution in [1.29, 1.82) is 0 Å². The normalized spacial score (nSPS) is 15.7. The summed E-state index contributed by atoms with van der Waals surface area (Å²) in [5, 5.41) is 16.3. The quantitative estimate of drug-likeness (QED) is 0.247. The van der Waals surface area contributed by atoms with Gasteiger partial charge in [-0.15, -0.1) is 15.7 Å². The number of fused-ring (bicyclic) bond motifs is 2. The summed E-state index contributed by atoms with van der Waals surface area (Å²) in [6.45, 7) is 0.0702. The summed E-state index contributed by atoms with van der Waals surface area (Å²) in [5.41, 5.74) is 0.976. The summed E-state index contributed by atoms with van der Waals surface area (Å²) >= 11 is 1.11. The molecule has 5 rings (SSSR count). The summed E-state index contributed by atoms with van der Waals surface area (Å²) in [6.07, 6.45) is 1.00. The smallest absolute Gasteiger partial charge is 0.266 e. The van der Waals surface area contributed by atoms with Gasteiger partial charge in [-0.05, 0) is 23.1 Å². The molecular formula is C23H22N4O6S3. The lowest BCUT2D eigenvalue weighted by atomic mass is 10.1. The van der Waals surface area contributed by atoms with Gasteiger partial charge in [0.05, 0.1) is 18.3 Å². The second-order valence-corrected chi connectivity index (χ2v) is 12.6. The van der Waals surface area contributed by atoms with Gasteiger partial charge in [0, 0.05) is 17.5 Å². The van der Waals surface area contributed by atoms with Gasteiger partial charge < -0.3 is 15.0 Å². The molecule has 0 radical (unpaired) electrons. The maximum Gasteiger partial charge on any atom is 0.266 e. The fraction of sp³-hybridized carbons (Fsp3) is 0.130. The lowest BCUT2D eigenvalue weighted by Gasteiger charge is -2.33. The molecule has 1 aliphatic heterocycles. The molecule has 13 heteroatoms. The molecular weight excluding hydrogens is 524 g/mol. The van der Waals surface area contributed by atoms with Gasteiger partial charge in [-0.1, -0.05) is 53.2 Å². The maximum absolute atomic E-state index is 13.7. The number of anilines is 1. The van der Waals surface area contributed by atoms with Crippen LogP contribution in [0.3, 0.4) is 0 Å². The molecule has 4 aromatic rings. The van der Waals surface area contributed by atoms with Crippen LogP contribution in [-0.4, -0.2) is 39.3 Å². The molecule has 1 aliphatic rings. The molecule has 0 saturated heterocycles. The van der Waals surface area contributed by atoms with Crippen molar-refractivity contribution in [3.63, 3.8) is 0 Å². The predicted molar refractivity (Wildman–Crippen MR) is 143 cm³/mol. The van der Waals surface area contributed by atoms with Crippen molar-refractivity contribution in [2.45, 2.75) is 18.0 Å². The standard InChI is InChI=1S/C23H22N4O6S3/c1-35(30,31)24-11-15-13-34-22-20(15)36(32,33)26-21(25-22)18-19(28)16-9-5-6-10-17(16)27(23(18)29)12-14-7-3-2-4-8-14/h2-10,13,24,28,32-33H,11-12H2,1H3,(H,25,26). The van der Waals surface area contributed by atoms with Gasteiger partial charge in [0.25, 0.3) is 5.56 Å². The zero-order chi connectivity index (χ0) is 25.7. The maximum atomic E-state index is 13.7. The van der Waals surface area contributed by atoms with Gasteiger partial charge >= 0.3 is 0 Å². The van der Waals surface area contributed by atoms with Crippen molar-refractivity contribution in [2.75, 3.05) is 11.6 Å². The zero-order valence-electron chi connectivity index (χ0n) is 18.9. The number of rotatable bonds is 6. The Morgan fingerprint density at radius 2 is 1.81 bits per heavy atom. The molecule has 0 unspecified atom stereocenters. The minimum Gasteiger partial charge on any atom is -0.506 e. The molecule has 0 amide bonds. The first-order chi connectivity index (χ1) is 17.0. The Labute approximate surface area is 212 Å². The molecule has 2 aromatic carbocycles. The highest BCUT2D eigenvalue weighted by atomic mass is 32.3. The number of hydrogen-bond donors (Lipinski definition) is 5. The first-order valence-corrected chi connectivity index (χ1v) is 14.9. The molecule has 0 spiro atoms. The van der Waals surface area contributed by atoms with E-state index in [1.54, 1.807) is 29.6 Å². The Morgan fingerprint density at radius 1 is 1.11 bits per heavy atom. The zero-order valence-corrected chi connectivity index (χ0v) is 21.3. The highest BCUT2D eigenvalue weighted by molar-refractivity contribution is 8.23. The minimum atomic E-state index is -3.81. The van der Waals surface area contributed by atoms with Crippen LogP contribution in [0.5, 0.6) is 5.75 Å². The average Bonchev–Trinajstić information content (AvgIpc) is 3.25. The Bertz CT molecular complexity index is 1680. The molecule has 10 nitrogen and oxygen atoms in total. The van der Waals surface area contributed by atoms with Crippen LogP contribution in [0.25, 0.3) is 10.9 Å². The Morgan fingerprint density at radius 3 is 2.53 bits per heavy atom. The molecule has 0 aliphatic carbocycles. The van der Waals surface area contributed by atoms with Gasteiger partial charge in [0.1, 0.15) is 21.2 Å². The molecule has 5 N–H and O–H groups in total. The Kier molecular flexibility index (Phi) is 6.14. The van der Waals surface area contributed by atoms with E-state index in [2.05, 4.69) is 14.4 Å². The van der Waals surface area contributed by atoms with Gasteiger partial charge in [-0.3, -0.25) is 13.9 Å². The van der Waals surface area contributed by atoms with E-state index in [9.17, 15) is 27.4 Å². The average molecular weight is 547 g/mol. The number of nitrogens with zero attached hydrogens (tertiary/aromatic N) is 2. The first kappa shape index (κ1) is 24.5. The van der Waals surface area contributed by atoms with E-state index in [0.717, 1.165) is 23.2 Å². The van der Waals surface area contributed by atoms with Crippen molar-refractivity contribution in [3.05, 3.63) is 87.0 Å². The number of amidine groups is 1. The molecule has 0 saturated carbocycles. The van der Waals surface area contributed by atoms with Crippen molar-refractivity contribution < 1.29 is 22.6 Å². The third-order valence-electron chi connectivity index (χ3n) is 5.63. The van der Waals surface area contributed by atoms with Crippen molar-refractivity contribution in [3.8, 4) is 5.75 Å². The summed E-state index contributed by atoms with van der Waals surface area (Å²) in [6, 6.07) is 16.2. The van der Waals surface area contributed by atoms with Crippen LogP contribution in [-0.2, 0) is 23.1 Å². The van der Waals surface area contributed by atoms with Crippen LogP contribution >= 0.6 is 22.1 Å². The van der Waals surface area contributed by atoms with E-state index in [0.29, 0.717) is 21.5 Å². The van der Waals surface area contributed by atoms with E-state index < -0.39 is 26.4 Å². The SMILES string of the molecule is CS(=O)(=O)NCc1csc2c1S(O)(O)N=C(c1c(O)c3ccccc3n(Cc3ccccc3)c1=O)N2. The van der Waals surface area contributed by atoms with Crippen LogP contribution in [0, 0.1) is 0 Å². The van der Waals surface area contributed by atoms with E-state index in [1.807, 2.05) is 30.3 Å². The molecule has 3 heterocycles. The first-order valence-electron chi connectivity index (χ1n) is 10.6. The number of nitrogens with one attached hydrogen (secondary N) is 2. The van der Waals surface area contributed by atoms with Gasteiger partial charge in [0.15, 0.2) is 5.84 Å². The molecule has 36 heavy (non-hydrogen) atoms. The number of aromatic hydroxyl groups is 1. The van der Waals surface area contributed by atoms with Crippen LogP contribution in [0.4, 0.5) is 5.00 Å². The van der Waals surface area contributed by atoms with Crippen molar-refractivity contribution in [1.82, 2.24) is 9.29 Å². The number of thiophene rings is 1. The topological polar surface area (TPSA) is 153 Å². The highest BCUT2D eigenvalue weighted by Crippen LogP contribution is 2.59. The predicted octanol–water partition coefficient (Wildman–Crippen LogP) is 3.76. The summed E-state index contributed by atoms with van der Waals surface area (Å²) < 4.78 is 52.7. The Balaban J connectivity index is 1.64. The van der Waals surface area contributed by atoms with Crippen LogP contribution < -0.4 is 15.6 Å². The lowest BCUT2D eigenvalue weighted by molar-refractivity contribution is 0.477. The number of para-hydroxylation sites is 1. The monoisotopic (exact) mass is 546 g/mol. The summed E-state index contributed by atoms with van der Waals surface area (Å²) in [4.78, 5) is 13.8. The molecule has 188 valence electrons. The molecule has 0 fully saturated rings. The van der Waals surface area contributed by atoms with Crippen molar-refractivity contribution in [2.24, 2.45) is 4.40 Å². The van der Waals surface area contributed by atoms with Gasteiger partial charge in [-0.25, -0.2) is 13.1 Å². The number of pyridine rings is 1. The van der Waals surface area contributed by atoms with E-state index in [1.165, 1.54) is 4.57 Å². The number of sulfonamides is 1. The van der Waals surface area contributed by atoms with Crippen LogP contribution in [0.1, 0.15) is 16.7 Å². The largest absolute Gasteiger partial charge is 0.506 e. The fourth-order valence-corrected chi connectivity index (χ4v) is 7.13. The minimum absolute atomic E-state index is 0.0530. The van der Waals surface area contributed by atoms with E-state index >= 15 is 0 Å². The van der Waals surface area contributed by atoms with Crippen LogP contribution in [0.2, 0.25) is 0 Å².